The van der Waals surface area contributed by atoms with Crippen LogP contribution in [-0.2, 0) is 17.9 Å². The van der Waals surface area contributed by atoms with E-state index < -0.39 is 0 Å². The molecule has 0 N–H and O–H groups in total. The van der Waals surface area contributed by atoms with Gasteiger partial charge in [0.25, 0.3) is 5.91 Å². The molecule has 2 amide bonds. The number of rotatable bonds is 5. The van der Waals surface area contributed by atoms with Crippen molar-refractivity contribution in [2.45, 2.75) is 46.8 Å². The van der Waals surface area contributed by atoms with Gasteiger partial charge in [-0.2, -0.15) is 4.98 Å². The van der Waals surface area contributed by atoms with Crippen molar-refractivity contribution in [3.05, 3.63) is 52.8 Å². The molecule has 0 saturated carbocycles. The normalized spacial score (nSPS) is 15.7. The largest absolute Gasteiger partial charge is 0.355 e. The van der Waals surface area contributed by atoms with Crippen LogP contribution in [0.5, 0.6) is 0 Å². The van der Waals surface area contributed by atoms with Gasteiger partial charge in [0.1, 0.15) is 11.5 Å². The molecule has 188 valence electrons. The highest BCUT2D eigenvalue weighted by molar-refractivity contribution is 5.98. The first-order valence-electron chi connectivity index (χ1n) is 12.5. The average molecular weight is 488 g/mol. The van der Waals surface area contributed by atoms with Gasteiger partial charge in [0.05, 0.1) is 12.1 Å². The zero-order valence-corrected chi connectivity index (χ0v) is 21.7. The molecule has 0 radical (unpaired) electrons. The van der Waals surface area contributed by atoms with Crippen LogP contribution in [-0.4, -0.2) is 75.8 Å². The predicted molar refractivity (Wildman–Crippen MR) is 140 cm³/mol. The van der Waals surface area contributed by atoms with Gasteiger partial charge in [0, 0.05) is 69.4 Å². The molecule has 2 aliphatic rings. The summed E-state index contributed by atoms with van der Waals surface area (Å²) < 4.78 is 0. The molecule has 1 fully saturated rings. The lowest BCUT2D eigenvalue weighted by molar-refractivity contribution is -0.129. The van der Waals surface area contributed by atoms with Crippen LogP contribution in [0.3, 0.4) is 0 Å². The van der Waals surface area contributed by atoms with Gasteiger partial charge in [-0.15, -0.1) is 0 Å². The van der Waals surface area contributed by atoms with Gasteiger partial charge < -0.3 is 19.6 Å². The van der Waals surface area contributed by atoms with Gasteiger partial charge in [0.15, 0.2) is 0 Å². The minimum atomic E-state index is -0.0516. The zero-order chi connectivity index (χ0) is 25.6. The van der Waals surface area contributed by atoms with Gasteiger partial charge in [0.2, 0.25) is 11.9 Å². The number of nitrogens with zero attached hydrogens (tertiary/aromatic N) is 7. The van der Waals surface area contributed by atoms with Crippen LogP contribution in [0, 0.1) is 6.92 Å². The van der Waals surface area contributed by atoms with Gasteiger partial charge in [-0.1, -0.05) is 18.2 Å². The Morgan fingerprint density at radius 3 is 2.50 bits per heavy atom. The lowest BCUT2D eigenvalue weighted by Gasteiger charge is -2.34. The highest BCUT2D eigenvalue weighted by atomic mass is 16.2. The molecule has 0 bridgehead atoms. The second-order valence-corrected chi connectivity index (χ2v) is 9.98. The van der Waals surface area contributed by atoms with E-state index in [1.54, 1.807) is 6.92 Å². The third kappa shape index (κ3) is 4.34. The van der Waals surface area contributed by atoms with Gasteiger partial charge in [-0.25, -0.2) is 4.98 Å². The summed E-state index contributed by atoms with van der Waals surface area (Å²) in [6.45, 7) is 11.3. The number of benzene rings is 1. The topological polar surface area (TPSA) is 85.8 Å². The maximum atomic E-state index is 13.3. The average Bonchev–Trinajstić information content (AvgIpc) is 3.20. The fourth-order valence-electron chi connectivity index (χ4n) is 5.00. The van der Waals surface area contributed by atoms with E-state index in [-0.39, 0.29) is 17.9 Å². The Kier molecular flexibility index (Phi) is 6.24. The Bertz CT molecular complexity index is 1330. The first-order valence-corrected chi connectivity index (χ1v) is 12.5. The molecule has 9 heteroatoms. The van der Waals surface area contributed by atoms with Crippen molar-refractivity contribution in [3.8, 4) is 0 Å². The Balaban J connectivity index is 1.50. The molecular formula is C27H33N7O2. The van der Waals surface area contributed by atoms with Crippen LogP contribution >= 0.6 is 0 Å². The molecule has 9 nitrogen and oxygen atoms in total. The van der Waals surface area contributed by atoms with Crippen molar-refractivity contribution < 1.29 is 9.59 Å². The minimum Gasteiger partial charge on any atom is -0.355 e. The summed E-state index contributed by atoms with van der Waals surface area (Å²) in [5.41, 5.74) is 4.43. The van der Waals surface area contributed by atoms with E-state index in [0.29, 0.717) is 50.9 Å². The van der Waals surface area contributed by atoms with E-state index in [0.717, 1.165) is 33.5 Å². The second-order valence-electron chi connectivity index (χ2n) is 9.98. The fraction of sp³-hybridized carbons (Fsp3) is 0.444. The van der Waals surface area contributed by atoms with Crippen molar-refractivity contribution in [2.24, 2.45) is 0 Å². The van der Waals surface area contributed by atoms with Crippen LogP contribution < -0.4 is 9.80 Å². The molecule has 36 heavy (non-hydrogen) atoms. The summed E-state index contributed by atoms with van der Waals surface area (Å²) in [6.07, 6.45) is 0. The highest BCUT2D eigenvalue weighted by Gasteiger charge is 2.36. The van der Waals surface area contributed by atoms with Crippen molar-refractivity contribution in [3.63, 3.8) is 0 Å². The fourth-order valence-corrected chi connectivity index (χ4v) is 5.00. The molecule has 2 aromatic heterocycles. The number of aryl methyl sites for hydroxylation is 1. The number of carbonyl (C=O) groups excluding carboxylic acids is 2. The number of anilines is 2. The Hall–Kier alpha value is -3.75. The lowest BCUT2D eigenvalue weighted by atomic mass is 10.1. The number of amides is 2. The van der Waals surface area contributed by atoms with E-state index in [4.69, 9.17) is 15.0 Å². The summed E-state index contributed by atoms with van der Waals surface area (Å²) in [7, 11) is 2.01. The lowest BCUT2D eigenvalue weighted by Crippen LogP contribution is -2.48. The standard InChI is InChI=1S/C27H33N7O2/c1-17(2)34-16-22-24(26(34)36)29-27(33-12-10-32(11-13-33)19(4)35)30-25(22)31(5)15-21-14-20-8-6-7-9-23(20)28-18(21)3/h6-9,14,17H,10-13,15-16H2,1-5H3. The van der Waals surface area contributed by atoms with Crippen LogP contribution in [0.25, 0.3) is 10.9 Å². The van der Waals surface area contributed by atoms with E-state index in [1.807, 2.05) is 55.8 Å². The molecule has 5 rings (SSSR count). The number of piperazine rings is 1. The maximum Gasteiger partial charge on any atom is 0.273 e. The van der Waals surface area contributed by atoms with Crippen LogP contribution in [0.15, 0.2) is 30.3 Å². The highest BCUT2D eigenvalue weighted by Crippen LogP contribution is 2.33. The van der Waals surface area contributed by atoms with E-state index >= 15 is 0 Å². The monoisotopic (exact) mass is 487 g/mol. The SMILES string of the molecule is CC(=O)N1CCN(c2nc3c(c(N(C)Cc4cc5ccccc5nc4C)n2)CN(C(C)C)C3=O)CC1. The Morgan fingerprint density at radius 1 is 1.08 bits per heavy atom. The number of hydrogen-bond acceptors (Lipinski definition) is 7. The Labute approximate surface area is 211 Å². The molecule has 1 saturated heterocycles. The molecule has 0 spiro atoms. The van der Waals surface area contributed by atoms with Crippen molar-refractivity contribution >= 4 is 34.5 Å². The molecule has 0 unspecified atom stereocenters. The van der Waals surface area contributed by atoms with Crippen LogP contribution in [0.1, 0.15) is 48.1 Å². The van der Waals surface area contributed by atoms with Crippen molar-refractivity contribution in [1.82, 2.24) is 24.8 Å². The first kappa shape index (κ1) is 24.0. The molecule has 1 aromatic carbocycles. The first-order chi connectivity index (χ1) is 17.2. The maximum absolute atomic E-state index is 13.3. The molecule has 4 heterocycles. The minimum absolute atomic E-state index is 0.0516. The summed E-state index contributed by atoms with van der Waals surface area (Å²) in [5.74, 6) is 1.34. The number of carbonyl (C=O) groups is 2. The van der Waals surface area contributed by atoms with E-state index in [1.165, 1.54) is 0 Å². The summed E-state index contributed by atoms with van der Waals surface area (Å²) in [5, 5.41) is 1.10. The van der Waals surface area contributed by atoms with Crippen LogP contribution in [0.2, 0.25) is 0 Å². The smallest absolute Gasteiger partial charge is 0.273 e. The van der Waals surface area contributed by atoms with Crippen molar-refractivity contribution in [1.29, 1.82) is 0 Å². The summed E-state index contributed by atoms with van der Waals surface area (Å²) in [4.78, 5) is 47.5. The number of pyridine rings is 1. The molecule has 0 aliphatic carbocycles. The third-order valence-electron chi connectivity index (χ3n) is 7.19. The second kappa shape index (κ2) is 9.37. The molecule has 0 atom stereocenters. The number of fused-ring (bicyclic) bond motifs is 2. The number of para-hydroxylation sites is 1. The van der Waals surface area contributed by atoms with E-state index in [2.05, 4.69) is 21.9 Å². The summed E-state index contributed by atoms with van der Waals surface area (Å²) in [6, 6.07) is 10.4. The van der Waals surface area contributed by atoms with Gasteiger partial charge in [-0.3, -0.25) is 14.6 Å². The molecule has 2 aliphatic heterocycles. The number of hydrogen-bond donors (Lipinski definition) is 0. The van der Waals surface area contributed by atoms with Crippen LogP contribution in [0.4, 0.5) is 11.8 Å². The summed E-state index contributed by atoms with van der Waals surface area (Å²) >= 11 is 0. The zero-order valence-electron chi connectivity index (χ0n) is 21.7. The van der Waals surface area contributed by atoms with Gasteiger partial charge >= 0.3 is 0 Å². The molecular weight excluding hydrogens is 454 g/mol. The molecule has 3 aromatic rings. The Morgan fingerprint density at radius 2 is 1.81 bits per heavy atom. The predicted octanol–water partition coefficient (Wildman–Crippen LogP) is 3.00. The van der Waals surface area contributed by atoms with Gasteiger partial charge in [-0.05, 0) is 38.5 Å². The third-order valence-corrected chi connectivity index (χ3v) is 7.19. The quantitative estimate of drug-likeness (QED) is 0.547. The number of aromatic nitrogens is 3. The van der Waals surface area contributed by atoms with Crippen molar-refractivity contribution in [2.75, 3.05) is 43.0 Å². The van der Waals surface area contributed by atoms with E-state index in [9.17, 15) is 9.59 Å².